The molecule has 1 rings (SSSR count). The van der Waals surface area contributed by atoms with E-state index in [0.29, 0.717) is 17.3 Å². The Labute approximate surface area is 89.9 Å². The van der Waals surface area contributed by atoms with E-state index < -0.39 is 0 Å². The number of nitrogens with one attached hydrogen (secondary N) is 1. The van der Waals surface area contributed by atoms with Crippen LogP contribution in [0.15, 0.2) is 18.5 Å². The number of rotatable bonds is 3. The van der Waals surface area contributed by atoms with Gasteiger partial charge in [-0.05, 0) is 12.0 Å². The van der Waals surface area contributed by atoms with Crippen molar-refractivity contribution >= 4 is 17.3 Å². The monoisotopic (exact) mass is 207 g/mol. The van der Waals surface area contributed by atoms with E-state index in [1.165, 1.54) is 6.20 Å². The van der Waals surface area contributed by atoms with Gasteiger partial charge in [0, 0.05) is 12.1 Å². The van der Waals surface area contributed by atoms with Crippen molar-refractivity contribution in [2.45, 2.75) is 20.8 Å². The SMILES string of the molecule is CC(C)C(C)C(=O)Nc1ccncc1N. The van der Waals surface area contributed by atoms with E-state index in [1.807, 2.05) is 20.8 Å². The first-order valence-electron chi connectivity index (χ1n) is 5.02. The molecule has 15 heavy (non-hydrogen) atoms. The van der Waals surface area contributed by atoms with Gasteiger partial charge in [-0.2, -0.15) is 0 Å². The molecule has 0 fully saturated rings. The number of nitrogens with zero attached hydrogens (tertiary/aromatic N) is 1. The van der Waals surface area contributed by atoms with Crippen LogP contribution in [0.2, 0.25) is 0 Å². The minimum Gasteiger partial charge on any atom is -0.396 e. The number of hydrogen-bond donors (Lipinski definition) is 2. The lowest BCUT2D eigenvalue weighted by Crippen LogP contribution is -2.24. The number of anilines is 2. The van der Waals surface area contributed by atoms with E-state index in [2.05, 4.69) is 10.3 Å². The van der Waals surface area contributed by atoms with E-state index in [1.54, 1.807) is 12.3 Å². The van der Waals surface area contributed by atoms with Gasteiger partial charge in [0.2, 0.25) is 5.91 Å². The van der Waals surface area contributed by atoms with Gasteiger partial charge in [0.05, 0.1) is 17.6 Å². The topological polar surface area (TPSA) is 68.0 Å². The molecule has 0 spiro atoms. The van der Waals surface area contributed by atoms with Gasteiger partial charge in [0.15, 0.2) is 0 Å². The largest absolute Gasteiger partial charge is 0.396 e. The summed E-state index contributed by atoms with van der Waals surface area (Å²) in [5.74, 6) is 0.272. The lowest BCUT2D eigenvalue weighted by Gasteiger charge is -2.15. The molecule has 82 valence electrons. The zero-order valence-corrected chi connectivity index (χ0v) is 9.32. The van der Waals surface area contributed by atoms with Crippen molar-refractivity contribution in [3.8, 4) is 0 Å². The normalized spacial score (nSPS) is 12.5. The third-order valence-electron chi connectivity index (χ3n) is 2.52. The molecule has 1 heterocycles. The molecule has 0 radical (unpaired) electrons. The first kappa shape index (κ1) is 11.5. The summed E-state index contributed by atoms with van der Waals surface area (Å²) >= 11 is 0. The highest BCUT2D eigenvalue weighted by Crippen LogP contribution is 2.18. The molecule has 1 unspecified atom stereocenters. The Hall–Kier alpha value is -1.58. The highest BCUT2D eigenvalue weighted by atomic mass is 16.1. The molecule has 0 aromatic carbocycles. The quantitative estimate of drug-likeness (QED) is 0.795. The molecule has 1 aromatic rings. The van der Waals surface area contributed by atoms with Crippen LogP contribution in [0.5, 0.6) is 0 Å². The highest BCUT2D eigenvalue weighted by Gasteiger charge is 2.17. The molecule has 0 saturated carbocycles. The Morgan fingerprint density at radius 3 is 2.67 bits per heavy atom. The van der Waals surface area contributed by atoms with E-state index in [4.69, 9.17) is 5.73 Å². The zero-order valence-electron chi connectivity index (χ0n) is 9.32. The Morgan fingerprint density at radius 1 is 1.47 bits per heavy atom. The molecule has 0 aliphatic heterocycles. The second-order valence-corrected chi connectivity index (χ2v) is 3.98. The highest BCUT2D eigenvalue weighted by molar-refractivity contribution is 5.95. The van der Waals surface area contributed by atoms with Crippen molar-refractivity contribution < 1.29 is 4.79 Å². The summed E-state index contributed by atoms with van der Waals surface area (Å²) in [6, 6.07) is 1.69. The van der Waals surface area contributed by atoms with Crippen LogP contribution in [-0.4, -0.2) is 10.9 Å². The number of amides is 1. The Balaban J connectivity index is 2.71. The summed E-state index contributed by atoms with van der Waals surface area (Å²) < 4.78 is 0. The van der Waals surface area contributed by atoms with Gasteiger partial charge < -0.3 is 11.1 Å². The van der Waals surface area contributed by atoms with Crippen LogP contribution in [0.4, 0.5) is 11.4 Å². The van der Waals surface area contributed by atoms with Gasteiger partial charge in [-0.15, -0.1) is 0 Å². The van der Waals surface area contributed by atoms with E-state index in [0.717, 1.165) is 0 Å². The van der Waals surface area contributed by atoms with Gasteiger partial charge in [-0.3, -0.25) is 9.78 Å². The van der Waals surface area contributed by atoms with Gasteiger partial charge in [-0.1, -0.05) is 20.8 Å². The van der Waals surface area contributed by atoms with Crippen LogP contribution < -0.4 is 11.1 Å². The lowest BCUT2D eigenvalue weighted by molar-refractivity contribution is -0.120. The van der Waals surface area contributed by atoms with Crippen LogP contribution >= 0.6 is 0 Å². The predicted octanol–water partition coefficient (Wildman–Crippen LogP) is 1.89. The molecule has 0 aliphatic carbocycles. The van der Waals surface area contributed by atoms with Gasteiger partial charge in [0.25, 0.3) is 0 Å². The maximum Gasteiger partial charge on any atom is 0.227 e. The van der Waals surface area contributed by atoms with Crippen molar-refractivity contribution in [2.24, 2.45) is 11.8 Å². The fourth-order valence-corrected chi connectivity index (χ4v) is 1.07. The van der Waals surface area contributed by atoms with Crippen LogP contribution in [-0.2, 0) is 4.79 Å². The predicted molar refractivity (Wildman–Crippen MR) is 61.3 cm³/mol. The molecule has 1 amide bonds. The summed E-state index contributed by atoms with van der Waals surface area (Å²) in [7, 11) is 0. The summed E-state index contributed by atoms with van der Waals surface area (Å²) in [4.78, 5) is 15.6. The second kappa shape index (κ2) is 4.77. The Morgan fingerprint density at radius 2 is 2.13 bits per heavy atom. The number of hydrogen-bond acceptors (Lipinski definition) is 3. The second-order valence-electron chi connectivity index (χ2n) is 3.98. The van der Waals surface area contributed by atoms with Crippen molar-refractivity contribution in [2.75, 3.05) is 11.1 Å². The standard InChI is InChI=1S/C11H17N3O/c1-7(2)8(3)11(15)14-10-4-5-13-6-9(10)12/h4-8H,12H2,1-3H3,(H,13,14,15). The number of nitrogens with two attached hydrogens (primary N) is 1. The molecule has 1 aromatic heterocycles. The number of aromatic nitrogens is 1. The molecule has 3 N–H and O–H groups in total. The number of carbonyl (C=O) groups excluding carboxylic acids is 1. The Kier molecular flexibility index (Phi) is 3.66. The molecule has 0 aliphatic rings. The van der Waals surface area contributed by atoms with Crippen molar-refractivity contribution in [1.82, 2.24) is 4.98 Å². The van der Waals surface area contributed by atoms with E-state index >= 15 is 0 Å². The maximum absolute atomic E-state index is 11.7. The van der Waals surface area contributed by atoms with Crippen LogP contribution in [0, 0.1) is 11.8 Å². The van der Waals surface area contributed by atoms with Gasteiger partial charge in [-0.25, -0.2) is 0 Å². The maximum atomic E-state index is 11.7. The molecule has 4 nitrogen and oxygen atoms in total. The first-order valence-corrected chi connectivity index (χ1v) is 5.02. The van der Waals surface area contributed by atoms with Crippen molar-refractivity contribution in [1.29, 1.82) is 0 Å². The molecule has 0 bridgehead atoms. The molecular weight excluding hydrogens is 190 g/mol. The summed E-state index contributed by atoms with van der Waals surface area (Å²) in [6.45, 7) is 5.93. The number of nitrogen functional groups attached to an aromatic ring is 1. The average Bonchev–Trinajstić information content (AvgIpc) is 2.20. The summed E-state index contributed by atoms with van der Waals surface area (Å²) in [5.41, 5.74) is 6.78. The van der Waals surface area contributed by atoms with Crippen LogP contribution in [0.1, 0.15) is 20.8 Å². The zero-order chi connectivity index (χ0) is 11.4. The molecule has 1 atom stereocenters. The summed E-state index contributed by atoms with van der Waals surface area (Å²) in [5, 5.41) is 2.79. The summed E-state index contributed by atoms with van der Waals surface area (Å²) in [6.07, 6.45) is 3.13. The van der Waals surface area contributed by atoms with Gasteiger partial charge in [0.1, 0.15) is 0 Å². The van der Waals surface area contributed by atoms with Crippen LogP contribution in [0.25, 0.3) is 0 Å². The third kappa shape index (κ3) is 2.94. The molecular formula is C11H17N3O. The fourth-order valence-electron chi connectivity index (χ4n) is 1.07. The van der Waals surface area contributed by atoms with Crippen molar-refractivity contribution in [3.05, 3.63) is 18.5 Å². The molecule has 4 heteroatoms. The van der Waals surface area contributed by atoms with Crippen molar-refractivity contribution in [3.63, 3.8) is 0 Å². The average molecular weight is 207 g/mol. The third-order valence-corrected chi connectivity index (χ3v) is 2.52. The first-order chi connectivity index (χ1) is 7.02. The lowest BCUT2D eigenvalue weighted by atomic mass is 9.97. The molecule has 0 saturated heterocycles. The van der Waals surface area contributed by atoms with Crippen LogP contribution in [0.3, 0.4) is 0 Å². The Bertz CT molecular complexity index is 349. The van der Waals surface area contributed by atoms with E-state index in [-0.39, 0.29) is 11.8 Å². The smallest absolute Gasteiger partial charge is 0.227 e. The number of pyridine rings is 1. The fraction of sp³-hybridized carbons (Fsp3) is 0.455. The van der Waals surface area contributed by atoms with E-state index in [9.17, 15) is 4.79 Å². The minimum atomic E-state index is -0.0300. The number of carbonyl (C=O) groups is 1. The minimum absolute atomic E-state index is 0.0112. The van der Waals surface area contributed by atoms with Gasteiger partial charge >= 0.3 is 0 Å².